The van der Waals surface area contributed by atoms with Crippen molar-refractivity contribution >= 4 is 15.0 Å². The van der Waals surface area contributed by atoms with Gasteiger partial charge in [0, 0.05) is 0 Å². The van der Waals surface area contributed by atoms with Crippen molar-refractivity contribution < 1.29 is 0 Å². The van der Waals surface area contributed by atoms with Gasteiger partial charge in [-0.15, -0.1) is 0 Å². The zero-order chi connectivity index (χ0) is 7.23. The number of hydrogen-bond donors (Lipinski definition) is 0. The van der Waals surface area contributed by atoms with Crippen molar-refractivity contribution in [2.45, 2.75) is 5.82 Å². The first kappa shape index (κ1) is 7.41. The van der Waals surface area contributed by atoms with Crippen molar-refractivity contribution in [2.24, 2.45) is 0 Å². The van der Waals surface area contributed by atoms with Gasteiger partial charge in [-0.3, -0.25) is 0 Å². The maximum absolute atomic E-state index is 3.08. The average Bonchev–Trinajstić information content (AvgIpc) is 2.03. The predicted octanol–water partition coefficient (Wildman–Crippen LogP) is 1.75. The van der Waals surface area contributed by atoms with Gasteiger partial charge in [0.25, 0.3) is 0 Å². The van der Waals surface area contributed by atoms with Crippen LogP contribution in [-0.4, -0.2) is 15.0 Å². The molecule has 0 saturated carbocycles. The normalized spacial score (nSPS) is 8.10. The topological polar surface area (TPSA) is 0 Å². The van der Waals surface area contributed by atoms with Crippen LogP contribution in [-0.2, 0) is 0 Å². The fraction of sp³-hybridized carbons (Fsp3) is 0.111. The average molecular weight is 195 g/mol. The Kier molecular flexibility index (Phi) is 3.09. The van der Waals surface area contributed by atoms with E-state index in [-0.39, 0.29) is 0 Å². The van der Waals surface area contributed by atoms with Crippen molar-refractivity contribution in [3.8, 4) is 10.7 Å². The van der Waals surface area contributed by atoms with E-state index in [0.717, 1.165) is 5.56 Å². The molecule has 0 heterocycles. The summed E-state index contributed by atoms with van der Waals surface area (Å²) in [5.41, 5.74) is 1.12. The molecule has 50 valence electrons. The van der Waals surface area contributed by atoms with Crippen molar-refractivity contribution in [1.82, 2.24) is 0 Å². The molecule has 0 fully saturated rings. The summed E-state index contributed by atoms with van der Waals surface area (Å²) in [5.74, 6) is 5.19. The van der Waals surface area contributed by atoms with Crippen molar-refractivity contribution in [1.29, 1.82) is 0 Å². The van der Waals surface area contributed by atoms with Crippen LogP contribution in [0.2, 0.25) is 5.82 Å². The van der Waals surface area contributed by atoms with Gasteiger partial charge in [-0.2, -0.15) is 0 Å². The van der Waals surface area contributed by atoms with Gasteiger partial charge in [-0.25, -0.2) is 0 Å². The standard InChI is InChI=1S/C9H8Se/c1-10-8-7-9-5-3-2-4-6-9/h2-6H,1H3. The molecule has 1 aromatic rings. The molecule has 10 heavy (non-hydrogen) atoms. The molecule has 0 atom stereocenters. The minimum absolute atomic E-state index is 0.468. The van der Waals surface area contributed by atoms with Crippen molar-refractivity contribution in [3.63, 3.8) is 0 Å². The molecule has 0 saturated heterocycles. The van der Waals surface area contributed by atoms with Gasteiger partial charge in [0.05, 0.1) is 0 Å². The summed E-state index contributed by atoms with van der Waals surface area (Å²) in [5, 5.41) is 0. The molecular weight excluding hydrogens is 187 g/mol. The summed E-state index contributed by atoms with van der Waals surface area (Å²) in [6.07, 6.45) is 0. The first-order chi connectivity index (χ1) is 4.93. The molecule has 0 unspecified atom stereocenters. The fourth-order valence-electron chi connectivity index (χ4n) is 0.631. The summed E-state index contributed by atoms with van der Waals surface area (Å²) in [7, 11) is 0. The van der Waals surface area contributed by atoms with Crippen LogP contribution in [0.3, 0.4) is 0 Å². The summed E-state index contributed by atoms with van der Waals surface area (Å²) >= 11 is 0.468. The second kappa shape index (κ2) is 4.17. The Bertz CT molecular complexity index is 240. The maximum atomic E-state index is 3.08. The monoisotopic (exact) mass is 196 g/mol. The molecule has 0 aliphatic rings. The SMILES string of the molecule is C[Se]C#Cc1ccccc1. The van der Waals surface area contributed by atoms with Crippen LogP contribution in [0.15, 0.2) is 30.3 Å². The van der Waals surface area contributed by atoms with E-state index >= 15 is 0 Å². The van der Waals surface area contributed by atoms with Crippen LogP contribution < -0.4 is 0 Å². The Labute approximate surface area is 67.8 Å². The van der Waals surface area contributed by atoms with E-state index in [0.29, 0.717) is 15.0 Å². The minimum atomic E-state index is 0.468. The Morgan fingerprint density at radius 2 is 1.90 bits per heavy atom. The van der Waals surface area contributed by atoms with Crippen molar-refractivity contribution in [3.05, 3.63) is 35.9 Å². The molecule has 1 rings (SSSR count). The molecular formula is C9H8Se. The zero-order valence-electron chi connectivity index (χ0n) is 5.79. The Morgan fingerprint density at radius 3 is 2.50 bits per heavy atom. The number of benzene rings is 1. The molecule has 0 bridgehead atoms. The van der Waals surface area contributed by atoms with Gasteiger partial charge in [0.1, 0.15) is 0 Å². The van der Waals surface area contributed by atoms with Crippen LogP contribution in [0.4, 0.5) is 0 Å². The molecule has 0 aromatic heterocycles. The summed E-state index contributed by atoms with van der Waals surface area (Å²) < 4.78 is 0. The second-order valence-electron chi connectivity index (χ2n) is 1.80. The van der Waals surface area contributed by atoms with Gasteiger partial charge in [-0.05, 0) is 0 Å². The van der Waals surface area contributed by atoms with E-state index in [4.69, 9.17) is 0 Å². The van der Waals surface area contributed by atoms with Crippen LogP contribution in [0, 0.1) is 10.7 Å². The van der Waals surface area contributed by atoms with E-state index in [9.17, 15) is 0 Å². The van der Waals surface area contributed by atoms with Crippen LogP contribution >= 0.6 is 0 Å². The summed E-state index contributed by atoms with van der Waals surface area (Å²) in [4.78, 5) is 3.08. The third-order valence-corrected chi connectivity index (χ3v) is 1.71. The van der Waals surface area contributed by atoms with E-state index in [1.54, 1.807) is 0 Å². The van der Waals surface area contributed by atoms with Gasteiger partial charge in [0.2, 0.25) is 0 Å². The van der Waals surface area contributed by atoms with E-state index in [1.165, 1.54) is 0 Å². The van der Waals surface area contributed by atoms with Crippen LogP contribution in [0.25, 0.3) is 0 Å². The second-order valence-corrected chi connectivity index (χ2v) is 3.08. The molecule has 0 amide bonds. The third-order valence-electron chi connectivity index (χ3n) is 1.07. The Morgan fingerprint density at radius 1 is 1.20 bits per heavy atom. The molecule has 0 spiro atoms. The summed E-state index contributed by atoms with van der Waals surface area (Å²) in [6, 6.07) is 10.1. The zero-order valence-corrected chi connectivity index (χ0v) is 7.51. The first-order valence-corrected chi connectivity index (χ1v) is 5.59. The van der Waals surface area contributed by atoms with E-state index < -0.39 is 0 Å². The molecule has 0 N–H and O–H groups in total. The molecule has 0 radical (unpaired) electrons. The Balaban J connectivity index is 2.76. The molecule has 1 heteroatoms. The number of hydrogen-bond acceptors (Lipinski definition) is 0. The molecule has 0 nitrogen and oxygen atoms in total. The molecule has 1 aromatic carbocycles. The summed E-state index contributed by atoms with van der Waals surface area (Å²) in [6.45, 7) is 0. The van der Waals surface area contributed by atoms with Crippen molar-refractivity contribution in [2.75, 3.05) is 0 Å². The molecule has 0 aliphatic carbocycles. The predicted molar refractivity (Wildman–Crippen MR) is 44.9 cm³/mol. The molecule has 0 aliphatic heterocycles. The third kappa shape index (κ3) is 2.27. The first-order valence-electron chi connectivity index (χ1n) is 3.02. The van der Waals surface area contributed by atoms with Crippen LogP contribution in [0.1, 0.15) is 5.56 Å². The quantitative estimate of drug-likeness (QED) is 0.437. The van der Waals surface area contributed by atoms with Gasteiger partial charge in [0.15, 0.2) is 0 Å². The van der Waals surface area contributed by atoms with E-state index in [1.807, 2.05) is 30.3 Å². The van der Waals surface area contributed by atoms with Crippen LogP contribution in [0.5, 0.6) is 0 Å². The van der Waals surface area contributed by atoms with Gasteiger partial charge < -0.3 is 0 Å². The van der Waals surface area contributed by atoms with Gasteiger partial charge in [-0.1, -0.05) is 0 Å². The van der Waals surface area contributed by atoms with Gasteiger partial charge >= 0.3 is 67.4 Å². The fourth-order valence-corrected chi connectivity index (χ4v) is 1.09. The Hall–Kier alpha value is -0.701. The number of rotatable bonds is 0. The van der Waals surface area contributed by atoms with E-state index in [2.05, 4.69) is 16.6 Å².